The Hall–Kier alpha value is -2.77. The molecule has 6 nitrogen and oxygen atoms in total. The van der Waals surface area contributed by atoms with Crippen molar-refractivity contribution in [2.24, 2.45) is 0 Å². The number of amides is 2. The van der Waals surface area contributed by atoms with E-state index in [4.69, 9.17) is 0 Å². The van der Waals surface area contributed by atoms with Gasteiger partial charge in [-0.2, -0.15) is 0 Å². The molecule has 1 fully saturated rings. The largest absolute Gasteiger partial charge is 0.352 e. The molecule has 0 aliphatic carbocycles. The van der Waals surface area contributed by atoms with Crippen LogP contribution in [0.15, 0.2) is 42.5 Å². The molecule has 1 aliphatic rings. The standard InChI is InChI=1S/C22H27FN4O2/c1-16-7-8-17(21(28)25-9-4-12-27-13-10-24-11-14-27)15-20(16)26-22(29)18-5-2-3-6-19(18)23/h2-3,5-8,15,24H,4,9-14H2,1H3,(H,25,28)(H,26,29). The highest BCUT2D eigenvalue weighted by molar-refractivity contribution is 6.05. The van der Waals surface area contributed by atoms with Gasteiger partial charge in [0.15, 0.2) is 0 Å². The Morgan fingerprint density at radius 1 is 1.10 bits per heavy atom. The van der Waals surface area contributed by atoms with E-state index in [0.29, 0.717) is 17.8 Å². The van der Waals surface area contributed by atoms with Crippen LogP contribution in [-0.2, 0) is 0 Å². The molecule has 0 atom stereocenters. The second-order valence-corrected chi connectivity index (χ2v) is 7.16. The van der Waals surface area contributed by atoms with Crippen molar-refractivity contribution < 1.29 is 14.0 Å². The average Bonchev–Trinajstić information content (AvgIpc) is 2.73. The first-order valence-electron chi connectivity index (χ1n) is 9.92. The van der Waals surface area contributed by atoms with Crippen LogP contribution in [0.1, 0.15) is 32.7 Å². The van der Waals surface area contributed by atoms with Crippen LogP contribution in [0.25, 0.3) is 0 Å². The molecule has 0 bridgehead atoms. The summed E-state index contributed by atoms with van der Waals surface area (Å²) in [5, 5.41) is 8.95. The number of piperazine rings is 1. The first kappa shape index (κ1) is 21.0. The van der Waals surface area contributed by atoms with E-state index < -0.39 is 11.7 Å². The molecule has 0 spiro atoms. The van der Waals surface area contributed by atoms with E-state index in [0.717, 1.165) is 44.7 Å². The molecule has 3 N–H and O–H groups in total. The van der Waals surface area contributed by atoms with Crippen molar-refractivity contribution in [1.29, 1.82) is 0 Å². The topological polar surface area (TPSA) is 73.5 Å². The van der Waals surface area contributed by atoms with Crippen molar-refractivity contribution in [2.75, 3.05) is 44.6 Å². The van der Waals surface area contributed by atoms with Crippen LogP contribution in [0, 0.1) is 12.7 Å². The van der Waals surface area contributed by atoms with Crippen LogP contribution in [0.2, 0.25) is 0 Å². The Morgan fingerprint density at radius 2 is 1.86 bits per heavy atom. The Labute approximate surface area is 170 Å². The number of hydrogen-bond donors (Lipinski definition) is 3. The van der Waals surface area contributed by atoms with Gasteiger partial charge in [-0.1, -0.05) is 18.2 Å². The molecule has 3 rings (SSSR count). The van der Waals surface area contributed by atoms with E-state index in [1.165, 1.54) is 18.2 Å². The quantitative estimate of drug-likeness (QED) is 0.627. The number of nitrogens with zero attached hydrogens (tertiary/aromatic N) is 1. The van der Waals surface area contributed by atoms with Gasteiger partial charge in [-0.25, -0.2) is 4.39 Å². The van der Waals surface area contributed by atoms with Gasteiger partial charge in [0, 0.05) is 44.0 Å². The zero-order valence-electron chi connectivity index (χ0n) is 16.6. The number of carbonyl (C=O) groups is 2. The summed E-state index contributed by atoms with van der Waals surface area (Å²) in [6, 6.07) is 10.9. The van der Waals surface area contributed by atoms with Gasteiger partial charge in [0.2, 0.25) is 0 Å². The van der Waals surface area contributed by atoms with Crippen molar-refractivity contribution >= 4 is 17.5 Å². The fraction of sp³-hybridized carbons (Fsp3) is 0.364. The lowest BCUT2D eigenvalue weighted by Gasteiger charge is -2.27. The summed E-state index contributed by atoms with van der Waals surface area (Å²) in [6.07, 6.45) is 0.883. The first-order valence-corrected chi connectivity index (χ1v) is 9.92. The van der Waals surface area contributed by atoms with E-state index >= 15 is 0 Å². The number of benzene rings is 2. The van der Waals surface area contributed by atoms with Crippen LogP contribution in [0.4, 0.5) is 10.1 Å². The van der Waals surface area contributed by atoms with Gasteiger partial charge in [-0.3, -0.25) is 9.59 Å². The SMILES string of the molecule is Cc1ccc(C(=O)NCCCN2CCNCC2)cc1NC(=O)c1ccccc1F. The molecular weight excluding hydrogens is 371 g/mol. The second-order valence-electron chi connectivity index (χ2n) is 7.16. The van der Waals surface area contributed by atoms with E-state index in [9.17, 15) is 14.0 Å². The summed E-state index contributed by atoms with van der Waals surface area (Å²) in [5.74, 6) is -1.31. The number of halogens is 1. The van der Waals surface area contributed by atoms with Gasteiger partial charge < -0.3 is 20.9 Å². The van der Waals surface area contributed by atoms with E-state index in [1.807, 2.05) is 6.92 Å². The highest BCUT2D eigenvalue weighted by atomic mass is 19.1. The maximum Gasteiger partial charge on any atom is 0.258 e. The third-order valence-electron chi connectivity index (χ3n) is 5.01. The molecule has 154 valence electrons. The average molecular weight is 398 g/mol. The Balaban J connectivity index is 1.55. The van der Waals surface area contributed by atoms with Crippen LogP contribution in [-0.4, -0.2) is 56.0 Å². The number of hydrogen-bond acceptors (Lipinski definition) is 4. The third-order valence-corrected chi connectivity index (χ3v) is 5.01. The Morgan fingerprint density at radius 3 is 2.62 bits per heavy atom. The van der Waals surface area contributed by atoms with E-state index in [1.54, 1.807) is 24.3 Å². The molecule has 29 heavy (non-hydrogen) atoms. The summed E-state index contributed by atoms with van der Waals surface area (Å²) in [5.41, 5.74) is 1.72. The predicted molar refractivity (Wildman–Crippen MR) is 112 cm³/mol. The lowest BCUT2D eigenvalue weighted by atomic mass is 10.1. The van der Waals surface area contributed by atoms with Gasteiger partial charge in [0.1, 0.15) is 5.82 Å². The Bertz CT molecular complexity index is 866. The minimum Gasteiger partial charge on any atom is -0.352 e. The van der Waals surface area contributed by atoms with Crippen molar-refractivity contribution in [2.45, 2.75) is 13.3 Å². The maximum absolute atomic E-state index is 13.8. The molecule has 1 aliphatic heterocycles. The lowest BCUT2D eigenvalue weighted by Crippen LogP contribution is -2.44. The predicted octanol–water partition coefficient (Wildman–Crippen LogP) is 2.41. The molecule has 2 aromatic carbocycles. The molecule has 1 saturated heterocycles. The minimum absolute atomic E-state index is 0.0327. The summed E-state index contributed by atoms with van der Waals surface area (Å²) in [6.45, 7) is 7.47. The van der Waals surface area contributed by atoms with Gasteiger partial charge >= 0.3 is 0 Å². The number of rotatable bonds is 7. The van der Waals surface area contributed by atoms with Crippen molar-refractivity contribution in [1.82, 2.24) is 15.5 Å². The molecule has 2 aromatic rings. The van der Waals surface area contributed by atoms with Gasteiger partial charge in [-0.05, 0) is 49.7 Å². The molecule has 0 aromatic heterocycles. The second kappa shape index (κ2) is 10.1. The fourth-order valence-electron chi connectivity index (χ4n) is 3.27. The number of nitrogens with one attached hydrogen (secondary N) is 3. The summed E-state index contributed by atoms with van der Waals surface area (Å²) < 4.78 is 13.8. The maximum atomic E-state index is 13.8. The fourth-order valence-corrected chi connectivity index (χ4v) is 3.27. The Kier molecular flexibility index (Phi) is 7.32. The zero-order chi connectivity index (χ0) is 20.6. The number of aryl methyl sites for hydroxylation is 1. The van der Waals surface area contributed by atoms with Gasteiger partial charge in [0.25, 0.3) is 11.8 Å². The molecule has 0 saturated carbocycles. The van der Waals surface area contributed by atoms with Crippen molar-refractivity contribution in [3.63, 3.8) is 0 Å². The molecule has 7 heteroatoms. The van der Waals surface area contributed by atoms with Crippen molar-refractivity contribution in [3.05, 3.63) is 65.0 Å². The zero-order valence-corrected chi connectivity index (χ0v) is 16.6. The van der Waals surface area contributed by atoms with E-state index in [2.05, 4.69) is 20.9 Å². The third kappa shape index (κ3) is 5.85. The summed E-state index contributed by atoms with van der Waals surface area (Å²) in [7, 11) is 0. The smallest absolute Gasteiger partial charge is 0.258 e. The highest BCUT2D eigenvalue weighted by Crippen LogP contribution is 2.19. The summed E-state index contributed by atoms with van der Waals surface area (Å²) >= 11 is 0. The monoisotopic (exact) mass is 398 g/mol. The van der Waals surface area contributed by atoms with Gasteiger partial charge in [-0.15, -0.1) is 0 Å². The van der Waals surface area contributed by atoms with Crippen LogP contribution in [0.3, 0.4) is 0 Å². The van der Waals surface area contributed by atoms with Crippen LogP contribution < -0.4 is 16.0 Å². The van der Waals surface area contributed by atoms with Gasteiger partial charge in [0.05, 0.1) is 5.56 Å². The molecule has 1 heterocycles. The highest BCUT2D eigenvalue weighted by Gasteiger charge is 2.14. The van der Waals surface area contributed by atoms with Crippen LogP contribution >= 0.6 is 0 Å². The summed E-state index contributed by atoms with van der Waals surface area (Å²) in [4.78, 5) is 27.2. The van der Waals surface area contributed by atoms with Crippen molar-refractivity contribution in [3.8, 4) is 0 Å². The molecule has 0 unspecified atom stereocenters. The minimum atomic E-state index is -0.582. The number of carbonyl (C=O) groups excluding carboxylic acids is 2. The lowest BCUT2D eigenvalue weighted by molar-refractivity contribution is 0.0949. The normalized spacial score (nSPS) is 14.4. The van der Waals surface area contributed by atoms with E-state index in [-0.39, 0.29) is 11.5 Å². The number of anilines is 1. The first-order chi connectivity index (χ1) is 14.0. The molecule has 0 radical (unpaired) electrons. The molecular formula is C22H27FN4O2. The molecule has 2 amide bonds. The van der Waals surface area contributed by atoms with Crippen LogP contribution in [0.5, 0.6) is 0 Å².